The van der Waals surface area contributed by atoms with Crippen LogP contribution in [-0.4, -0.2) is 20.0 Å². The van der Waals surface area contributed by atoms with E-state index >= 15 is 0 Å². The van der Waals surface area contributed by atoms with Gasteiger partial charge in [0.25, 0.3) is 0 Å². The van der Waals surface area contributed by atoms with Crippen LogP contribution in [0, 0.1) is 11.8 Å². The quantitative estimate of drug-likeness (QED) is 0.486. The zero-order valence-electron chi connectivity index (χ0n) is 12.6. The molecule has 1 aromatic heterocycles. The van der Waals surface area contributed by atoms with Crippen LogP contribution in [0.25, 0.3) is 6.08 Å². The topological polar surface area (TPSA) is 48.3 Å². The molecule has 1 aromatic rings. The Morgan fingerprint density at radius 2 is 2.10 bits per heavy atom. The largest absolute Gasteiger partial charge is 0.591 e. The zero-order valence-corrected chi connectivity index (χ0v) is 13.4. The highest BCUT2D eigenvalue weighted by atomic mass is 32.2. The minimum Gasteiger partial charge on any atom is -0.591 e. The number of hydrogen-bond donors (Lipinski definition) is 0. The third-order valence-electron chi connectivity index (χ3n) is 2.30. The lowest BCUT2D eigenvalue weighted by molar-refractivity contribution is 0.561. The summed E-state index contributed by atoms with van der Waals surface area (Å²) in [4.78, 5) is 4.13. The average molecular weight is 288 g/mol. The maximum absolute atomic E-state index is 11.9. The fourth-order valence-corrected chi connectivity index (χ4v) is 1.87. The first-order valence-electron chi connectivity index (χ1n) is 6.36. The number of aromatic nitrogens is 1. The van der Waals surface area contributed by atoms with Gasteiger partial charge in [-0.2, -0.15) is 0 Å². The van der Waals surface area contributed by atoms with E-state index in [0.717, 1.165) is 16.8 Å². The molecule has 20 heavy (non-hydrogen) atoms. The maximum atomic E-state index is 11.9. The molecule has 1 atom stereocenters. The minimum atomic E-state index is -1.23. The van der Waals surface area contributed by atoms with Crippen molar-refractivity contribution in [2.45, 2.75) is 39.4 Å². The molecule has 106 valence electrons. The Bertz CT molecular complexity index is 574. The van der Waals surface area contributed by atoms with Gasteiger partial charge < -0.3 is 4.55 Å². The predicted octanol–water partition coefficient (Wildman–Crippen LogP) is 3.39. The van der Waals surface area contributed by atoms with Crippen molar-refractivity contribution in [3.63, 3.8) is 0 Å². The second-order valence-corrected chi connectivity index (χ2v) is 7.22. The molecule has 0 radical (unpaired) electrons. The molecule has 1 rings (SSSR count). The molecule has 0 fully saturated rings. The average Bonchev–Trinajstić information content (AvgIpc) is 2.36. The molecule has 0 aliphatic heterocycles. The predicted molar refractivity (Wildman–Crippen MR) is 86.8 cm³/mol. The van der Waals surface area contributed by atoms with Crippen LogP contribution in [0.15, 0.2) is 28.9 Å². The molecule has 0 spiro atoms. The van der Waals surface area contributed by atoms with E-state index in [1.54, 1.807) is 19.3 Å². The van der Waals surface area contributed by atoms with E-state index in [1.807, 2.05) is 45.9 Å². The summed E-state index contributed by atoms with van der Waals surface area (Å²) >= 11 is -1.23. The highest BCUT2D eigenvalue weighted by molar-refractivity contribution is 7.91. The Morgan fingerprint density at radius 1 is 1.40 bits per heavy atom. The fourth-order valence-electron chi connectivity index (χ4n) is 1.28. The van der Waals surface area contributed by atoms with E-state index < -0.39 is 11.4 Å². The zero-order chi connectivity index (χ0) is 15.2. The first kappa shape index (κ1) is 16.5. The lowest BCUT2D eigenvalue weighted by Crippen LogP contribution is -2.26. The summed E-state index contributed by atoms with van der Waals surface area (Å²) in [5, 5.41) is 0. The normalized spacial score (nSPS) is 14.0. The Labute approximate surface area is 124 Å². The van der Waals surface area contributed by atoms with Gasteiger partial charge in [0, 0.05) is 18.0 Å². The Hall–Kier alpha value is -1.57. The first-order valence-corrected chi connectivity index (χ1v) is 7.47. The second-order valence-electron chi connectivity index (χ2n) is 5.31. The van der Waals surface area contributed by atoms with Gasteiger partial charge in [0.15, 0.2) is 0 Å². The molecule has 0 aliphatic rings. The van der Waals surface area contributed by atoms with Crippen molar-refractivity contribution in [2.75, 3.05) is 0 Å². The smallest absolute Gasteiger partial charge is 0.144 e. The summed E-state index contributed by atoms with van der Waals surface area (Å²) in [7, 11) is 0. The molecule has 3 nitrogen and oxygen atoms in total. The number of allylic oxidation sites excluding steroid dienone is 1. The second kappa shape index (κ2) is 7.28. The van der Waals surface area contributed by atoms with Gasteiger partial charge in [-0.15, -0.1) is 5.92 Å². The number of nitrogens with zero attached hydrogens (tertiary/aromatic N) is 2. The summed E-state index contributed by atoms with van der Waals surface area (Å²) < 4.78 is 15.7. The lowest BCUT2D eigenvalue weighted by Gasteiger charge is -2.18. The molecule has 0 amide bonds. The van der Waals surface area contributed by atoms with E-state index in [0.29, 0.717) is 0 Å². The molecule has 1 unspecified atom stereocenters. The van der Waals surface area contributed by atoms with E-state index in [1.165, 1.54) is 0 Å². The van der Waals surface area contributed by atoms with Crippen LogP contribution in [0.4, 0.5) is 0 Å². The SMILES string of the molecule is CC#Cc1cncc(C=CC(C)=N[S+]([O-])C(C)(C)C)c1. The summed E-state index contributed by atoms with van der Waals surface area (Å²) in [5.41, 5.74) is 2.55. The van der Waals surface area contributed by atoms with Gasteiger partial charge in [0.2, 0.25) is 0 Å². The van der Waals surface area contributed by atoms with Crippen LogP contribution in [0.1, 0.15) is 45.7 Å². The Kier molecular flexibility index (Phi) is 6.00. The summed E-state index contributed by atoms with van der Waals surface area (Å²) in [5.74, 6) is 5.80. The minimum absolute atomic E-state index is 0.340. The van der Waals surface area contributed by atoms with Gasteiger partial charge in [-0.05, 0) is 52.3 Å². The molecule has 0 aliphatic carbocycles. The summed E-state index contributed by atoms with van der Waals surface area (Å²) in [6, 6.07) is 1.95. The van der Waals surface area contributed by atoms with Crippen LogP contribution in [0.2, 0.25) is 0 Å². The van der Waals surface area contributed by atoms with Crippen LogP contribution in [0.5, 0.6) is 0 Å². The molecule has 0 aromatic carbocycles. The van der Waals surface area contributed by atoms with E-state index in [4.69, 9.17) is 0 Å². The maximum Gasteiger partial charge on any atom is 0.144 e. The standard InChI is InChI=1S/C16H20N2OS/c1-6-7-14-10-15(12-17-11-14)9-8-13(2)18-20(19)16(3,4)5/h8-12H,1-5H3. The van der Waals surface area contributed by atoms with Crippen molar-refractivity contribution in [2.24, 2.45) is 4.40 Å². The van der Waals surface area contributed by atoms with Gasteiger partial charge in [-0.25, -0.2) is 0 Å². The molecule has 0 bridgehead atoms. The van der Waals surface area contributed by atoms with Crippen molar-refractivity contribution in [1.29, 1.82) is 0 Å². The van der Waals surface area contributed by atoms with Gasteiger partial charge in [0.1, 0.15) is 16.1 Å². The molecule has 4 heteroatoms. The number of hydrogen-bond acceptors (Lipinski definition) is 3. The highest BCUT2D eigenvalue weighted by Gasteiger charge is 2.26. The first-order chi connectivity index (χ1) is 9.32. The molecule has 1 heterocycles. The van der Waals surface area contributed by atoms with Crippen molar-refractivity contribution in [3.05, 3.63) is 35.7 Å². The Balaban J connectivity index is 2.84. The molecular weight excluding hydrogens is 268 g/mol. The van der Waals surface area contributed by atoms with Gasteiger partial charge in [-0.1, -0.05) is 16.4 Å². The van der Waals surface area contributed by atoms with Crippen LogP contribution < -0.4 is 0 Å². The molecule has 0 N–H and O–H groups in total. The van der Waals surface area contributed by atoms with E-state index in [9.17, 15) is 4.55 Å². The van der Waals surface area contributed by atoms with Crippen molar-refractivity contribution in [3.8, 4) is 11.8 Å². The van der Waals surface area contributed by atoms with E-state index in [-0.39, 0.29) is 4.75 Å². The van der Waals surface area contributed by atoms with E-state index in [2.05, 4.69) is 21.2 Å². The van der Waals surface area contributed by atoms with Crippen LogP contribution in [0.3, 0.4) is 0 Å². The third-order valence-corrected chi connectivity index (χ3v) is 3.80. The Morgan fingerprint density at radius 3 is 2.70 bits per heavy atom. The number of pyridine rings is 1. The van der Waals surface area contributed by atoms with Gasteiger partial charge >= 0.3 is 0 Å². The molecule has 0 saturated heterocycles. The van der Waals surface area contributed by atoms with Gasteiger partial charge in [0.05, 0.1) is 5.71 Å². The van der Waals surface area contributed by atoms with Crippen LogP contribution in [-0.2, 0) is 11.4 Å². The van der Waals surface area contributed by atoms with Crippen molar-refractivity contribution in [1.82, 2.24) is 4.98 Å². The molecular formula is C16H20N2OS. The molecule has 0 saturated carbocycles. The van der Waals surface area contributed by atoms with Crippen LogP contribution >= 0.6 is 0 Å². The van der Waals surface area contributed by atoms with Crippen molar-refractivity contribution < 1.29 is 4.55 Å². The van der Waals surface area contributed by atoms with Crippen molar-refractivity contribution >= 4 is 23.1 Å². The lowest BCUT2D eigenvalue weighted by atomic mass is 10.2. The van der Waals surface area contributed by atoms with Gasteiger partial charge in [-0.3, -0.25) is 4.98 Å². The summed E-state index contributed by atoms with van der Waals surface area (Å²) in [6.07, 6.45) is 7.21. The third kappa shape index (κ3) is 5.60. The highest BCUT2D eigenvalue weighted by Crippen LogP contribution is 2.17. The summed E-state index contributed by atoms with van der Waals surface area (Å²) in [6.45, 7) is 9.34. The monoisotopic (exact) mass is 288 g/mol. The number of rotatable bonds is 3. The fraction of sp³-hybridized carbons (Fsp3) is 0.375.